The number of nitrogens with zero attached hydrogens (tertiary/aromatic N) is 2. The molecule has 33 heavy (non-hydrogen) atoms. The zero-order valence-electron chi connectivity index (χ0n) is 18.6. The third kappa shape index (κ3) is 4.62. The molecule has 0 saturated carbocycles. The van der Waals surface area contributed by atoms with Gasteiger partial charge in [0.05, 0.1) is 24.6 Å². The number of aryl methyl sites for hydroxylation is 1. The molecule has 0 saturated heterocycles. The van der Waals surface area contributed by atoms with Gasteiger partial charge in [0, 0.05) is 17.0 Å². The van der Waals surface area contributed by atoms with E-state index in [4.69, 9.17) is 18.9 Å². The number of nitro groups is 1. The van der Waals surface area contributed by atoms with Crippen LogP contribution in [0.5, 0.6) is 23.0 Å². The van der Waals surface area contributed by atoms with Crippen LogP contribution in [-0.4, -0.2) is 41.7 Å². The number of carbonyl (C=O) groups excluding carboxylic acids is 1. The first kappa shape index (κ1) is 22.2. The topological polar surface area (TPSA) is 102 Å². The summed E-state index contributed by atoms with van der Waals surface area (Å²) in [7, 11) is 1.42. The number of ether oxygens (including phenoxy) is 4. The highest BCUT2D eigenvalue weighted by atomic mass is 16.6. The molecule has 172 valence electrons. The molecule has 0 aliphatic carbocycles. The number of benzene rings is 2. The molecular formula is C24H24N2O7. The van der Waals surface area contributed by atoms with E-state index in [0.29, 0.717) is 30.2 Å². The van der Waals surface area contributed by atoms with Crippen molar-refractivity contribution < 1.29 is 28.7 Å². The quantitative estimate of drug-likeness (QED) is 0.288. The highest BCUT2D eigenvalue weighted by molar-refractivity contribution is 5.98. The summed E-state index contributed by atoms with van der Waals surface area (Å²) in [4.78, 5) is 23.6. The van der Waals surface area contributed by atoms with Crippen molar-refractivity contribution in [2.75, 3.05) is 20.3 Å². The summed E-state index contributed by atoms with van der Waals surface area (Å²) in [5.74, 6) is 1.48. The number of carbonyl (C=O) groups is 1. The van der Waals surface area contributed by atoms with E-state index in [0.717, 1.165) is 17.1 Å². The van der Waals surface area contributed by atoms with Crippen molar-refractivity contribution in [3.05, 3.63) is 75.6 Å². The number of methoxy groups -OCH3 is 1. The standard InChI is InChI=1S/C24H24N2O7/c1-15-10-19(21(27)14-32-22-9-8-17(30-3)11-20(22)26(28)29)16(2)25(15)12-18-13-31-23-6-4-5-7-24(23)33-18/h4-11,18H,12-14H2,1-3H3. The Morgan fingerprint density at radius 1 is 1.18 bits per heavy atom. The number of para-hydroxylation sites is 2. The summed E-state index contributed by atoms with van der Waals surface area (Å²) in [5, 5.41) is 11.3. The lowest BCUT2D eigenvalue weighted by Crippen LogP contribution is -2.33. The zero-order chi connectivity index (χ0) is 23.5. The minimum atomic E-state index is -0.571. The van der Waals surface area contributed by atoms with Gasteiger partial charge in [0.15, 0.2) is 30.0 Å². The van der Waals surface area contributed by atoms with Crippen molar-refractivity contribution in [1.29, 1.82) is 0 Å². The van der Waals surface area contributed by atoms with Crippen LogP contribution in [0.15, 0.2) is 48.5 Å². The Balaban J connectivity index is 1.46. The second-order valence-corrected chi connectivity index (χ2v) is 7.70. The van der Waals surface area contributed by atoms with Gasteiger partial charge in [0.25, 0.3) is 0 Å². The van der Waals surface area contributed by atoms with Crippen molar-refractivity contribution in [1.82, 2.24) is 4.57 Å². The Morgan fingerprint density at radius 3 is 2.67 bits per heavy atom. The predicted molar refractivity (Wildman–Crippen MR) is 120 cm³/mol. The highest BCUT2D eigenvalue weighted by Crippen LogP contribution is 2.32. The molecule has 0 fully saturated rings. The van der Waals surface area contributed by atoms with Crippen molar-refractivity contribution in [2.24, 2.45) is 0 Å². The maximum Gasteiger partial charge on any atom is 0.314 e. The summed E-state index contributed by atoms with van der Waals surface area (Å²) in [6.07, 6.45) is -0.203. The van der Waals surface area contributed by atoms with Crippen LogP contribution in [0.3, 0.4) is 0 Å². The van der Waals surface area contributed by atoms with E-state index in [-0.39, 0.29) is 29.9 Å². The first-order valence-electron chi connectivity index (χ1n) is 10.4. The van der Waals surface area contributed by atoms with E-state index >= 15 is 0 Å². The number of Topliss-reactive ketones (excluding diaryl/α,β-unsaturated/α-hetero) is 1. The van der Waals surface area contributed by atoms with E-state index in [9.17, 15) is 14.9 Å². The number of hydrogen-bond acceptors (Lipinski definition) is 7. The number of rotatable bonds is 8. The number of ketones is 1. The predicted octanol–water partition coefficient (Wildman–Crippen LogP) is 4.12. The Bertz CT molecular complexity index is 1200. The summed E-state index contributed by atoms with van der Waals surface area (Å²) >= 11 is 0. The lowest BCUT2D eigenvalue weighted by Gasteiger charge is -2.27. The third-order valence-corrected chi connectivity index (χ3v) is 5.55. The first-order chi connectivity index (χ1) is 15.9. The SMILES string of the molecule is COc1ccc(OCC(=O)c2cc(C)n(CC3COc4ccccc4O3)c2C)c([N+](=O)[O-])c1. The fourth-order valence-electron chi connectivity index (χ4n) is 3.83. The van der Waals surface area contributed by atoms with Crippen LogP contribution >= 0.6 is 0 Å². The van der Waals surface area contributed by atoms with E-state index < -0.39 is 4.92 Å². The van der Waals surface area contributed by atoms with E-state index in [1.54, 1.807) is 12.1 Å². The van der Waals surface area contributed by atoms with Crippen LogP contribution in [0.4, 0.5) is 5.69 Å². The van der Waals surface area contributed by atoms with Gasteiger partial charge in [0.1, 0.15) is 12.4 Å². The normalized spacial score (nSPS) is 14.6. The Labute approximate surface area is 190 Å². The summed E-state index contributed by atoms with van der Waals surface area (Å²) in [6, 6.07) is 13.5. The van der Waals surface area contributed by atoms with Crippen molar-refractivity contribution in [3.8, 4) is 23.0 Å². The molecule has 1 atom stereocenters. The number of nitro benzene ring substituents is 1. The van der Waals surface area contributed by atoms with Gasteiger partial charge in [-0.2, -0.15) is 0 Å². The van der Waals surface area contributed by atoms with E-state index in [1.165, 1.54) is 19.2 Å². The zero-order valence-corrected chi connectivity index (χ0v) is 18.6. The summed E-state index contributed by atoms with van der Waals surface area (Å²) < 4.78 is 24.4. The van der Waals surface area contributed by atoms with Gasteiger partial charge in [-0.3, -0.25) is 14.9 Å². The monoisotopic (exact) mass is 452 g/mol. The van der Waals surface area contributed by atoms with Gasteiger partial charge < -0.3 is 23.5 Å². The largest absolute Gasteiger partial charge is 0.496 e. The highest BCUT2D eigenvalue weighted by Gasteiger charge is 2.25. The second-order valence-electron chi connectivity index (χ2n) is 7.70. The molecule has 9 heteroatoms. The van der Waals surface area contributed by atoms with Crippen molar-refractivity contribution >= 4 is 11.5 Å². The molecule has 4 rings (SSSR count). The fraction of sp³-hybridized carbons (Fsp3) is 0.292. The Hall–Kier alpha value is -4.01. The Morgan fingerprint density at radius 2 is 1.94 bits per heavy atom. The van der Waals surface area contributed by atoms with Crippen LogP contribution in [0.1, 0.15) is 21.7 Å². The molecule has 0 bridgehead atoms. The lowest BCUT2D eigenvalue weighted by atomic mass is 10.1. The van der Waals surface area contributed by atoms with E-state index in [1.807, 2.05) is 42.7 Å². The minimum absolute atomic E-state index is 0.00868. The summed E-state index contributed by atoms with van der Waals surface area (Å²) in [6.45, 7) is 4.36. The van der Waals surface area contributed by atoms with Gasteiger partial charge in [-0.15, -0.1) is 0 Å². The van der Waals surface area contributed by atoms with E-state index in [2.05, 4.69) is 0 Å². The van der Waals surface area contributed by atoms with Crippen LogP contribution in [-0.2, 0) is 6.54 Å². The molecule has 0 spiro atoms. The molecular weight excluding hydrogens is 428 g/mol. The molecule has 1 unspecified atom stereocenters. The lowest BCUT2D eigenvalue weighted by molar-refractivity contribution is -0.385. The number of hydrogen-bond donors (Lipinski definition) is 0. The van der Waals surface area contributed by atoms with Gasteiger partial charge in [-0.1, -0.05) is 12.1 Å². The molecule has 0 N–H and O–H groups in total. The minimum Gasteiger partial charge on any atom is -0.496 e. The average Bonchev–Trinajstić information content (AvgIpc) is 3.10. The molecule has 1 aliphatic heterocycles. The average molecular weight is 452 g/mol. The Kier molecular flexibility index (Phi) is 6.21. The molecule has 9 nitrogen and oxygen atoms in total. The van der Waals surface area contributed by atoms with Crippen molar-refractivity contribution in [2.45, 2.75) is 26.5 Å². The molecule has 2 heterocycles. The number of fused-ring (bicyclic) bond motifs is 1. The first-order valence-corrected chi connectivity index (χ1v) is 10.4. The van der Waals surface area contributed by atoms with Crippen LogP contribution in [0.25, 0.3) is 0 Å². The molecule has 1 aromatic heterocycles. The van der Waals surface area contributed by atoms with Gasteiger partial charge >= 0.3 is 5.69 Å². The fourth-order valence-corrected chi connectivity index (χ4v) is 3.83. The summed E-state index contributed by atoms with van der Waals surface area (Å²) in [5.41, 5.74) is 1.91. The molecule has 0 radical (unpaired) electrons. The molecule has 0 amide bonds. The van der Waals surface area contributed by atoms with Crippen LogP contribution in [0, 0.1) is 24.0 Å². The third-order valence-electron chi connectivity index (χ3n) is 5.55. The van der Waals surface area contributed by atoms with Gasteiger partial charge in [-0.25, -0.2) is 0 Å². The molecule has 2 aromatic carbocycles. The molecule has 1 aliphatic rings. The van der Waals surface area contributed by atoms with Crippen LogP contribution < -0.4 is 18.9 Å². The molecule has 3 aromatic rings. The van der Waals surface area contributed by atoms with Crippen molar-refractivity contribution in [3.63, 3.8) is 0 Å². The van der Waals surface area contributed by atoms with Gasteiger partial charge in [0.2, 0.25) is 5.78 Å². The maximum absolute atomic E-state index is 12.9. The smallest absolute Gasteiger partial charge is 0.314 e. The maximum atomic E-state index is 12.9. The second kappa shape index (κ2) is 9.23. The van der Waals surface area contributed by atoms with Crippen LogP contribution in [0.2, 0.25) is 0 Å². The van der Waals surface area contributed by atoms with Gasteiger partial charge in [-0.05, 0) is 44.2 Å². The number of aromatic nitrogens is 1.